The Morgan fingerprint density at radius 3 is 2.70 bits per heavy atom. The third-order valence-corrected chi connectivity index (χ3v) is 5.40. The van der Waals surface area contributed by atoms with Gasteiger partial charge in [0.15, 0.2) is 5.82 Å². The lowest BCUT2D eigenvalue weighted by atomic mass is 10.1. The minimum absolute atomic E-state index is 0.257. The fourth-order valence-electron chi connectivity index (χ4n) is 2.21. The molecule has 0 saturated heterocycles. The van der Waals surface area contributed by atoms with Crippen molar-refractivity contribution < 1.29 is 4.79 Å². The summed E-state index contributed by atoms with van der Waals surface area (Å²) in [5.41, 5.74) is 3.15. The van der Waals surface area contributed by atoms with Crippen molar-refractivity contribution in [3.8, 4) is 5.69 Å². The molecule has 10 heteroatoms. The van der Waals surface area contributed by atoms with Crippen molar-refractivity contribution in [3.05, 3.63) is 51.6 Å². The first kappa shape index (κ1) is 19.6. The van der Waals surface area contributed by atoms with E-state index >= 15 is 0 Å². The Kier molecular flexibility index (Phi) is 5.98. The Morgan fingerprint density at radius 1 is 1.22 bits per heavy atom. The maximum absolute atomic E-state index is 12.5. The molecule has 3 aromatic rings. The molecule has 27 heavy (non-hydrogen) atoms. The zero-order chi connectivity index (χ0) is 19.6. The van der Waals surface area contributed by atoms with Crippen LogP contribution in [0.25, 0.3) is 5.69 Å². The number of tetrazole rings is 1. The lowest BCUT2D eigenvalue weighted by Gasteiger charge is -2.12. The summed E-state index contributed by atoms with van der Waals surface area (Å²) in [6.45, 7) is 5.81. The summed E-state index contributed by atoms with van der Waals surface area (Å²) in [6, 6.07) is 7.46. The van der Waals surface area contributed by atoms with Crippen molar-refractivity contribution in [2.24, 2.45) is 0 Å². The number of hydrogen-bond acceptors (Lipinski definition) is 6. The lowest BCUT2D eigenvalue weighted by molar-refractivity contribution is -0.115. The van der Waals surface area contributed by atoms with E-state index in [-0.39, 0.29) is 16.7 Å². The van der Waals surface area contributed by atoms with Crippen LogP contribution in [0.5, 0.6) is 0 Å². The van der Waals surface area contributed by atoms with Crippen LogP contribution in [0.2, 0.25) is 10.0 Å². The number of pyridine rings is 1. The number of thioether (sulfide) groups is 1. The zero-order valence-corrected chi connectivity index (χ0v) is 17.1. The molecule has 0 aliphatic heterocycles. The van der Waals surface area contributed by atoms with Gasteiger partial charge in [-0.1, -0.05) is 41.0 Å². The second-order valence-electron chi connectivity index (χ2n) is 5.88. The van der Waals surface area contributed by atoms with E-state index in [4.69, 9.17) is 23.2 Å². The first-order valence-electron chi connectivity index (χ1n) is 7.99. The molecule has 0 saturated carbocycles. The quantitative estimate of drug-likeness (QED) is 0.622. The first-order valence-corrected chi connectivity index (χ1v) is 9.63. The summed E-state index contributed by atoms with van der Waals surface area (Å²) < 4.78 is 1.61. The molecule has 1 unspecified atom stereocenters. The smallest absolute Gasteiger partial charge is 0.238 e. The Bertz CT molecular complexity index is 993. The number of amides is 1. The van der Waals surface area contributed by atoms with Crippen molar-refractivity contribution in [3.63, 3.8) is 0 Å². The van der Waals surface area contributed by atoms with Gasteiger partial charge in [-0.3, -0.25) is 4.79 Å². The van der Waals surface area contributed by atoms with Crippen molar-refractivity contribution in [1.29, 1.82) is 0 Å². The van der Waals surface area contributed by atoms with Gasteiger partial charge in [0.05, 0.1) is 21.0 Å². The molecule has 0 spiro atoms. The van der Waals surface area contributed by atoms with Crippen LogP contribution in [-0.2, 0) is 4.79 Å². The number of carbonyl (C=O) groups excluding carboxylic acids is 1. The fraction of sp³-hybridized carbons (Fsp3) is 0.235. The van der Waals surface area contributed by atoms with Crippen LogP contribution in [0.1, 0.15) is 18.1 Å². The molecule has 1 N–H and O–H groups in total. The van der Waals surface area contributed by atoms with Gasteiger partial charge in [0, 0.05) is 6.20 Å². The Labute approximate surface area is 170 Å². The average Bonchev–Trinajstić information content (AvgIpc) is 3.07. The Balaban J connectivity index is 1.74. The van der Waals surface area contributed by atoms with Crippen LogP contribution in [0, 0.1) is 13.8 Å². The molecule has 0 bridgehead atoms. The molecule has 2 heterocycles. The molecule has 2 aromatic heterocycles. The van der Waals surface area contributed by atoms with Crippen LogP contribution < -0.4 is 5.32 Å². The third kappa shape index (κ3) is 4.58. The number of carbonyl (C=O) groups is 1. The Hall–Kier alpha value is -2.16. The summed E-state index contributed by atoms with van der Waals surface area (Å²) in [6.07, 6.45) is 1.42. The third-order valence-electron chi connectivity index (χ3n) is 3.88. The highest BCUT2D eigenvalue weighted by atomic mass is 35.5. The SMILES string of the molecule is Cc1ccc(-n2nnnc2SC(C)C(=O)Nc2ncc(Cl)cc2Cl)cc1C. The molecular weight excluding hydrogens is 407 g/mol. The zero-order valence-electron chi connectivity index (χ0n) is 14.8. The van der Waals surface area contributed by atoms with E-state index in [0.717, 1.165) is 11.3 Å². The standard InChI is InChI=1S/C17H16Cl2N6OS/c1-9-4-5-13(6-10(9)2)25-17(22-23-24-25)27-11(3)16(26)21-15-14(19)7-12(18)8-20-15/h4-8,11H,1-3H3,(H,20,21,26). The second kappa shape index (κ2) is 8.24. The molecule has 1 aromatic carbocycles. The molecule has 7 nitrogen and oxygen atoms in total. The van der Waals surface area contributed by atoms with E-state index in [1.807, 2.05) is 32.0 Å². The van der Waals surface area contributed by atoms with Gasteiger partial charge in [-0.25, -0.2) is 4.98 Å². The monoisotopic (exact) mass is 422 g/mol. The fourth-order valence-corrected chi connectivity index (χ4v) is 3.44. The predicted octanol–water partition coefficient (Wildman–Crippen LogP) is 4.10. The number of aryl methyl sites for hydroxylation is 2. The van der Waals surface area contributed by atoms with Crippen LogP contribution >= 0.6 is 35.0 Å². The maximum atomic E-state index is 12.5. The maximum Gasteiger partial charge on any atom is 0.238 e. The number of nitrogens with one attached hydrogen (secondary N) is 1. The van der Waals surface area contributed by atoms with E-state index in [1.165, 1.54) is 29.6 Å². The molecule has 0 radical (unpaired) electrons. The molecular formula is C17H16Cl2N6OS. The highest BCUT2D eigenvalue weighted by Crippen LogP contribution is 2.26. The van der Waals surface area contributed by atoms with E-state index in [0.29, 0.717) is 10.2 Å². The number of nitrogens with zero attached hydrogens (tertiary/aromatic N) is 5. The Morgan fingerprint density at radius 2 is 2.00 bits per heavy atom. The van der Waals surface area contributed by atoms with Crippen LogP contribution in [0.3, 0.4) is 0 Å². The molecule has 0 fully saturated rings. The van der Waals surface area contributed by atoms with Gasteiger partial charge in [0.1, 0.15) is 0 Å². The number of rotatable bonds is 5. The number of halogens is 2. The van der Waals surface area contributed by atoms with Crippen LogP contribution in [0.15, 0.2) is 35.6 Å². The highest BCUT2D eigenvalue weighted by Gasteiger charge is 2.20. The average molecular weight is 423 g/mol. The summed E-state index contributed by atoms with van der Waals surface area (Å²) in [5.74, 6) is -0.0152. The van der Waals surface area contributed by atoms with Gasteiger partial charge >= 0.3 is 0 Å². The van der Waals surface area contributed by atoms with Crippen molar-refractivity contribution >= 4 is 46.7 Å². The van der Waals surface area contributed by atoms with Gasteiger partial charge in [-0.15, -0.1) is 5.10 Å². The van der Waals surface area contributed by atoms with Gasteiger partial charge in [0.2, 0.25) is 11.1 Å². The van der Waals surface area contributed by atoms with Crippen LogP contribution in [-0.4, -0.2) is 36.3 Å². The number of benzene rings is 1. The largest absolute Gasteiger partial charge is 0.308 e. The minimum Gasteiger partial charge on any atom is -0.308 e. The lowest BCUT2D eigenvalue weighted by Crippen LogP contribution is -2.23. The van der Waals surface area contributed by atoms with E-state index in [1.54, 1.807) is 11.6 Å². The minimum atomic E-state index is -0.477. The number of aromatic nitrogens is 5. The van der Waals surface area contributed by atoms with Crippen LogP contribution in [0.4, 0.5) is 5.82 Å². The molecule has 1 amide bonds. The predicted molar refractivity (Wildman–Crippen MR) is 107 cm³/mol. The number of hydrogen-bond donors (Lipinski definition) is 1. The highest BCUT2D eigenvalue weighted by molar-refractivity contribution is 8.00. The second-order valence-corrected chi connectivity index (χ2v) is 8.03. The molecule has 0 aliphatic rings. The van der Waals surface area contributed by atoms with E-state index in [9.17, 15) is 4.79 Å². The topological polar surface area (TPSA) is 85.6 Å². The van der Waals surface area contributed by atoms with E-state index in [2.05, 4.69) is 25.8 Å². The van der Waals surface area contributed by atoms with Gasteiger partial charge in [-0.2, -0.15) is 4.68 Å². The van der Waals surface area contributed by atoms with Gasteiger partial charge in [0.25, 0.3) is 0 Å². The first-order chi connectivity index (χ1) is 12.8. The summed E-state index contributed by atoms with van der Waals surface area (Å²) >= 11 is 13.1. The van der Waals surface area contributed by atoms with Crippen molar-refractivity contribution in [2.75, 3.05) is 5.32 Å². The normalized spacial score (nSPS) is 12.0. The van der Waals surface area contributed by atoms with Gasteiger partial charge < -0.3 is 5.32 Å². The van der Waals surface area contributed by atoms with Crippen molar-refractivity contribution in [1.82, 2.24) is 25.2 Å². The molecule has 0 aliphatic carbocycles. The summed E-state index contributed by atoms with van der Waals surface area (Å²) in [7, 11) is 0. The summed E-state index contributed by atoms with van der Waals surface area (Å²) in [5, 5.41) is 15.2. The molecule has 140 valence electrons. The summed E-state index contributed by atoms with van der Waals surface area (Å²) in [4.78, 5) is 16.5. The number of anilines is 1. The van der Waals surface area contributed by atoms with Crippen molar-refractivity contribution in [2.45, 2.75) is 31.2 Å². The molecule has 3 rings (SSSR count). The molecule has 1 atom stereocenters. The van der Waals surface area contributed by atoms with Gasteiger partial charge in [-0.05, 0) is 60.5 Å². The van der Waals surface area contributed by atoms with E-state index < -0.39 is 5.25 Å².